The van der Waals surface area contributed by atoms with E-state index in [9.17, 15) is 24.5 Å². The summed E-state index contributed by atoms with van der Waals surface area (Å²) in [6, 6.07) is 7.80. The van der Waals surface area contributed by atoms with Crippen LogP contribution in [0.15, 0.2) is 30.3 Å². The van der Waals surface area contributed by atoms with Crippen molar-refractivity contribution in [3.05, 3.63) is 46.0 Å². The molecule has 0 aliphatic rings. The molecule has 1 atom stereocenters. The van der Waals surface area contributed by atoms with Gasteiger partial charge in [0.05, 0.1) is 20.1 Å². The number of amides is 1. The monoisotopic (exact) mass is 396 g/mol. The number of nitrogens with zero attached hydrogens (tertiary/aromatic N) is 1. The zero-order chi connectivity index (χ0) is 21.5. The SMILES string of the molecule is COC(=O)C(NC(=O)OC(C)(C)C)(C(=O)OC)C(C[N+](=O)[O-])c1ccccc1. The highest BCUT2D eigenvalue weighted by Gasteiger charge is 2.59. The Morgan fingerprint density at radius 3 is 1.96 bits per heavy atom. The van der Waals surface area contributed by atoms with Crippen molar-refractivity contribution in [2.75, 3.05) is 20.8 Å². The summed E-state index contributed by atoms with van der Waals surface area (Å²) in [5.41, 5.74) is -3.22. The number of alkyl carbamates (subject to hydrolysis) is 1. The molecule has 0 heterocycles. The van der Waals surface area contributed by atoms with Gasteiger partial charge in [0, 0.05) is 4.92 Å². The van der Waals surface area contributed by atoms with Crippen LogP contribution in [0.4, 0.5) is 4.79 Å². The van der Waals surface area contributed by atoms with Gasteiger partial charge in [-0.25, -0.2) is 14.4 Å². The molecule has 0 saturated heterocycles. The van der Waals surface area contributed by atoms with Gasteiger partial charge in [0.15, 0.2) is 0 Å². The van der Waals surface area contributed by atoms with Gasteiger partial charge in [0.1, 0.15) is 5.60 Å². The lowest BCUT2D eigenvalue weighted by molar-refractivity contribution is -0.484. The van der Waals surface area contributed by atoms with E-state index >= 15 is 0 Å². The lowest BCUT2D eigenvalue weighted by Crippen LogP contribution is -2.66. The molecule has 28 heavy (non-hydrogen) atoms. The molecule has 0 radical (unpaired) electrons. The molecule has 1 unspecified atom stereocenters. The zero-order valence-electron chi connectivity index (χ0n) is 16.4. The second kappa shape index (κ2) is 9.16. The number of hydrogen-bond acceptors (Lipinski definition) is 8. The molecule has 10 nitrogen and oxygen atoms in total. The third-order valence-electron chi connectivity index (χ3n) is 3.77. The van der Waals surface area contributed by atoms with Gasteiger partial charge in [-0.05, 0) is 26.3 Å². The molecular formula is C18H24N2O8. The first kappa shape index (κ1) is 22.9. The van der Waals surface area contributed by atoms with Crippen LogP contribution in [0, 0.1) is 10.1 Å². The van der Waals surface area contributed by atoms with Gasteiger partial charge in [0.25, 0.3) is 5.54 Å². The highest BCUT2D eigenvalue weighted by molar-refractivity contribution is 6.08. The van der Waals surface area contributed by atoms with Crippen LogP contribution in [0.25, 0.3) is 0 Å². The van der Waals surface area contributed by atoms with Gasteiger partial charge in [-0.15, -0.1) is 0 Å². The van der Waals surface area contributed by atoms with Gasteiger partial charge in [0.2, 0.25) is 6.54 Å². The van der Waals surface area contributed by atoms with E-state index in [-0.39, 0.29) is 5.56 Å². The van der Waals surface area contributed by atoms with E-state index in [0.717, 1.165) is 14.2 Å². The standard InChI is InChI=1S/C18H24N2O8/c1-17(2,3)28-16(23)19-18(14(21)26-4,15(22)27-5)13(11-20(24)25)12-9-7-6-8-10-12/h6-10,13H,11H2,1-5H3,(H,19,23). The Balaban J connectivity index is 3.63. The fourth-order valence-corrected chi connectivity index (χ4v) is 2.67. The molecule has 0 aliphatic heterocycles. The molecule has 0 aromatic heterocycles. The van der Waals surface area contributed by atoms with E-state index in [4.69, 9.17) is 14.2 Å². The molecule has 1 aromatic rings. The Hall–Kier alpha value is -3.17. The summed E-state index contributed by atoms with van der Waals surface area (Å²) < 4.78 is 14.6. The Bertz CT molecular complexity index is 711. The molecular weight excluding hydrogens is 372 g/mol. The first-order valence-electron chi connectivity index (χ1n) is 8.32. The molecule has 0 bridgehead atoms. The number of carbonyl (C=O) groups excluding carboxylic acids is 3. The van der Waals surface area contributed by atoms with Gasteiger partial charge < -0.3 is 14.2 Å². The third-order valence-corrected chi connectivity index (χ3v) is 3.77. The maximum atomic E-state index is 12.7. The Labute approximate surface area is 162 Å². The van der Waals surface area contributed by atoms with Crippen LogP contribution in [-0.2, 0) is 23.8 Å². The quantitative estimate of drug-likeness (QED) is 0.242. The van der Waals surface area contributed by atoms with Crippen molar-refractivity contribution in [1.82, 2.24) is 5.32 Å². The van der Waals surface area contributed by atoms with Crippen LogP contribution < -0.4 is 5.32 Å². The summed E-state index contributed by atoms with van der Waals surface area (Å²) in [5.74, 6) is -3.86. The third kappa shape index (κ3) is 5.41. The molecule has 0 spiro atoms. The van der Waals surface area contributed by atoms with Crippen LogP contribution in [0.5, 0.6) is 0 Å². The summed E-state index contributed by atoms with van der Waals surface area (Å²) in [7, 11) is 1.98. The average molecular weight is 396 g/mol. The second-order valence-electron chi connectivity index (χ2n) is 6.90. The number of nitrogens with one attached hydrogen (secondary N) is 1. The van der Waals surface area contributed by atoms with Crippen LogP contribution in [0.1, 0.15) is 32.3 Å². The van der Waals surface area contributed by atoms with Crippen LogP contribution >= 0.6 is 0 Å². The number of carbonyl (C=O) groups is 3. The summed E-state index contributed by atoms with van der Waals surface area (Å²) in [6.07, 6.45) is -1.13. The number of hydrogen-bond donors (Lipinski definition) is 1. The number of rotatable bonds is 7. The summed E-state index contributed by atoms with van der Waals surface area (Å²) >= 11 is 0. The molecule has 0 fully saturated rings. The smallest absolute Gasteiger partial charge is 0.409 e. The van der Waals surface area contributed by atoms with Crippen molar-refractivity contribution in [2.24, 2.45) is 0 Å². The highest BCUT2D eigenvalue weighted by atomic mass is 16.6. The van der Waals surface area contributed by atoms with E-state index in [0.29, 0.717) is 0 Å². The first-order chi connectivity index (χ1) is 13.0. The zero-order valence-corrected chi connectivity index (χ0v) is 16.4. The predicted octanol–water partition coefficient (Wildman–Crippen LogP) is 1.66. The lowest BCUT2D eigenvalue weighted by Gasteiger charge is -2.35. The summed E-state index contributed by atoms with van der Waals surface area (Å²) in [4.78, 5) is 48.5. The van der Waals surface area contributed by atoms with Crippen LogP contribution in [-0.4, -0.2) is 54.9 Å². The minimum absolute atomic E-state index is 0.256. The van der Waals surface area contributed by atoms with Crippen molar-refractivity contribution in [3.63, 3.8) is 0 Å². The maximum absolute atomic E-state index is 12.7. The molecule has 0 saturated carbocycles. The minimum Gasteiger partial charge on any atom is -0.467 e. The lowest BCUT2D eigenvalue weighted by atomic mass is 9.78. The van der Waals surface area contributed by atoms with E-state index in [1.807, 2.05) is 0 Å². The topological polar surface area (TPSA) is 134 Å². The Kier molecular flexibility index (Phi) is 7.48. The maximum Gasteiger partial charge on any atom is 0.409 e. The fourth-order valence-electron chi connectivity index (χ4n) is 2.67. The van der Waals surface area contributed by atoms with E-state index in [1.54, 1.807) is 39.0 Å². The number of ether oxygens (including phenoxy) is 3. The van der Waals surface area contributed by atoms with Gasteiger partial charge in [-0.3, -0.25) is 15.4 Å². The minimum atomic E-state index is -2.53. The molecule has 1 N–H and O–H groups in total. The fraction of sp³-hybridized carbons (Fsp3) is 0.500. The molecule has 10 heteroatoms. The Morgan fingerprint density at radius 2 is 1.57 bits per heavy atom. The average Bonchev–Trinajstić information content (AvgIpc) is 2.62. The number of nitro groups is 1. The van der Waals surface area contributed by atoms with Crippen molar-refractivity contribution < 1.29 is 33.5 Å². The first-order valence-corrected chi connectivity index (χ1v) is 8.32. The number of methoxy groups -OCH3 is 2. The van der Waals surface area contributed by atoms with Crippen LogP contribution in [0.3, 0.4) is 0 Å². The van der Waals surface area contributed by atoms with Crippen LogP contribution in [0.2, 0.25) is 0 Å². The Morgan fingerprint density at radius 1 is 1.07 bits per heavy atom. The predicted molar refractivity (Wildman–Crippen MR) is 97.2 cm³/mol. The van der Waals surface area contributed by atoms with E-state index in [2.05, 4.69) is 5.32 Å². The molecule has 0 aliphatic carbocycles. The molecule has 1 rings (SSSR count). The van der Waals surface area contributed by atoms with Gasteiger partial charge in [-0.2, -0.15) is 0 Å². The molecule has 1 aromatic carbocycles. The molecule has 1 amide bonds. The number of benzene rings is 1. The van der Waals surface area contributed by atoms with E-state index < -0.39 is 46.6 Å². The largest absolute Gasteiger partial charge is 0.467 e. The van der Waals surface area contributed by atoms with Gasteiger partial charge >= 0.3 is 18.0 Å². The second-order valence-corrected chi connectivity index (χ2v) is 6.90. The molecule has 154 valence electrons. The number of esters is 2. The highest BCUT2D eigenvalue weighted by Crippen LogP contribution is 2.32. The summed E-state index contributed by atoms with van der Waals surface area (Å²) in [6.45, 7) is 3.88. The van der Waals surface area contributed by atoms with Crippen molar-refractivity contribution in [1.29, 1.82) is 0 Å². The summed E-state index contributed by atoms with van der Waals surface area (Å²) in [5, 5.41) is 13.5. The van der Waals surface area contributed by atoms with E-state index in [1.165, 1.54) is 12.1 Å². The van der Waals surface area contributed by atoms with Crippen molar-refractivity contribution in [2.45, 2.75) is 37.8 Å². The van der Waals surface area contributed by atoms with Crippen molar-refractivity contribution in [3.8, 4) is 0 Å². The van der Waals surface area contributed by atoms with Crippen molar-refractivity contribution >= 4 is 18.0 Å². The normalized spacial score (nSPS) is 12.5. The van der Waals surface area contributed by atoms with Gasteiger partial charge in [-0.1, -0.05) is 30.3 Å².